The molecule has 1 aromatic rings. The van der Waals surface area contributed by atoms with Crippen molar-refractivity contribution in [1.82, 2.24) is 4.90 Å². The average molecular weight is 200 g/mol. The zero-order valence-corrected chi connectivity index (χ0v) is 9.27. The first kappa shape index (κ1) is 11.3. The second-order valence-electron chi connectivity index (χ2n) is 3.22. The molecule has 0 saturated carbocycles. The molecule has 0 aromatic heterocycles. The zero-order valence-electron chi connectivity index (χ0n) is 9.27. The van der Waals surface area contributed by atoms with E-state index in [2.05, 4.69) is 19.9 Å². The monoisotopic (exact) mass is 200 g/mol. The first-order valence-corrected chi connectivity index (χ1v) is 5.23. The fourth-order valence-electron chi connectivity index (χ4n) is 1.47. The number of hydrogen-bond donors (Lipinski definition) is 0. The molecule has 0 N–H and O–H groups in total. The molecule has 0 saturated heterocycles. The summed E-state index contributed by atoms with van der Waals surface area (Å²) in [5.41, 5.74) is 1.80. The van der Waals surface area contributed by atoms with Gasteiger partial charge in [-0.2, -0.15) is 5.26 Å². The third-order valence-electron chi connectivity index (χ3n) is 2.32. The summed E-state index contributed by atoms with van der Waals surface area (Å²) in [5, 5.41) is 9.06. The molecule has 0 bridgehead atoms. The van der Waals surface area contributed by atoms with E-state index in [0.29, 0.717) is 0 Å². The molecule has 0 atom stereocenters. The number of allylic oxidation sites excluding steroid dienone is 1. The molecular formula is C13H16N2. The van der Waals surface area contributed by atoms with Crippen LogP contribution in [0.4, 0.5) is 0 Å². The van der Waals surface area contributed by atoms with E-state index in [1.54, 1.807) is 0 Å². The maximum Gasteiger partial charge on any atom is 0.117 e. The van der Waals surface area contributed by atoms with E-state index in [-0.39, 0.29) is 0 Å². The summed E-state index contributed by atoms with van der Waals surface area (Å²) < 4.78 is 0. The largest absolute Gasteiger partial charge is 0.364 e. The Kier molecular flexibility index (Phi) is 4.43. The van der Waals surface area contributed by atoms with E-state index in [9.17, 15) is 0 Å². The molecule has 78 valence electrons. The van der Waals surface area contributed by atoms with Gasteiger partial charge in [-0.3, -0.25) is 0 Å². The van der Waals surface area contributed by atoms with Gasteiger partial charge < -0.3 is 4.90 Å². The van der Waals surface area contributed by atoms with Gasteiger partial charge in [-0.15, -0.1) is 0 Å². The predicted molar refractivity (Wildman–Crippen MR) is 63.0 cm³/mol. The quantitative estimate of drug-likeness (QED) is 0.699. The lowest BCUT2D eigenvalue weighted by molar-refractivity contribution is 0.400. The van der Waals surface area contributed by atoms with Crippen molar-refractivity contribution >= 4 is 6.08 Å². The van der Waals surface area contributed by atoms with Crippen molar-refractivity contribution in [3.63, 3.8) is 0 Å². The molecule has 0 radical (unpaired) electrons. The van der Waals surface area contributed by atoms with Gasteiger partial charge in [-0.05, 0) is 25.5 Å². The lowest BCUT2D eigenvalue weighted by Gasteiger charge is -2.19. The average Bonchev–Trinajstić information content (AvgIpc) is 2.30. The number of rotatable bonds is 4. The summed E-state index contributed by atoms with van der Waals surface area (Å²) in [6.45, 7) is 5.84. The maximum absolute atomic E-state index is 9.06. The highest BCUT2D eigenvalue weighted by Crippen LogP contribution is 2.09. The lowest BCUT2D eigenvalue weighted by atomic mass is 10.2. The summed E-state index contributed by atoms with van der Waals surface area (Å²) in [6, 6.07) is 12.2. The molecule has 0 fully saturated rings. The van der Waals surface area contributed by atoms with Crippen LogP contribution in [0.2, 0.25) is 0 Å². The van der Waals surface area contributed by atoms with Crippen LogP contribution in [0.5, 0.6) is 0 Å². The van der Waals surface area contributed by atoms with E-state index in [1.165, 1.54) is 0 Å². The molecule has 0 aliphatic carbocycles. The molecule has 15 heavy (non-hydrogen) atoms. The van der Waals surface area contributed by atoms with Crippen LogP contribution in [-0.2, 0) is 0 Å². The minimum atomic E-state index is 0.728. The first-order valence-electron chi connectivity index (χ1n) is 5.23. The molecule has 1 aromatic carbocycles. The summed E-state index contributed by atoms with van der Waals surface area (Å²) in [5.74, 6) is 0. The van der Waals surface area contributed by atoms with Crippen LogP contribution in [0.3, 0.4) is 0 Å². The standard InChI is InChI=1S/C13H16N2/c1-3-15(4-2)13(11-14)10-12-8-6-5-7-9-12/h5-10H,3-4H2,1-2H3. The number of nitrogens with zero attached hydrogens (tertiary/aromatic N) is 2. The van der Waals surface area contributed by atoms with E-state index in [4.69, 9.17) is 5.26 Å². The minimum Gasteiger partial charge on any atom is -0.364 e. The highest BCUT2D eigenvalue weighted by Gasteiger charge is 2.03. The van der Waals surface area contributed by atoms with Gasteiger partial charge in [0.2, 0.25) is 0 Å². The zero-order chi connectivity index (χ0) is 11.1. The third-order valence-corrected chi connectivity index (χ3v) is 2.32. The fraction of sp³-hybridized carbons (Fsp3) is 0.308. The topological polar surface area (TPSA) is 27.0 Å². The van der Waals surface area contributed by atoms with Crippen LogP contribution in [-0.4, -0.2) is 18.0 Å². The van der Waals surface area contributed by atoms with E-state index >= 15 is 0 Å². The van der Waals surface area contributed by atoms with Gasteiger partial charge in [-0.1, -0.05) is 30.3 Å². The Balaban J connectivity index is 2.93. The van der Waals surface area contributed by atoms with Gasteiger partial charge in [0.1, 0.15) is 11.8 Å². The van der Waals surface area contributed by atoms with Gasteiger partial charge in [0, 0.05) is 13.1 Å². The highest BCUT2D eigenvalue weighted by atomic mass is 15.1. The second-order valence-corrected chi connectivity index (χ2v) is 3.22. The Hall–Kier alpha value is -1.75. The Morgan fingerprint density at radius 2 is 1.87 bits per heavy atom. The van der Waals surface area contributed by atoms with Crippen LogP contribution < -0.4 is 0 Å². The van der Waals surface area contributed by atoms with Gasteiger partial charge in [0.15, 0.2) is 0 Å². The van der Waals surface area contributed by atoms with Crippen molar-refractivity contribution in [3.8, 4) is 6.07 Å². The molecule has 0 amide bonds. The summed E-state index contributed by atoms with van der Waals surface area (Å²) in [4.78, 5) is 2.05. The normalized spacial score (nSPS) is 10.9. The van der Waals surface area contributed by atoms with Crippen molar-refractivity contribution < 1.29 is 0 Å². The molecule has 1 rings (SSSR count). The molecule has 2 nitrogen and oxygen atoms in total. The molecule has 0 aliphatic heterocycles. The van der Waals surface area contributed by atoms with Crippen molar-refractivity contribution in [2.75, 3.05) is 13.1 Å². The van der Waals surface area contributed by atoms with Crippen LogP contribution in [0.1, 0.15) is 19.4 Å². The van der Waals surface area contributed by atoms with Gasteiger partial charge in [-0.25, -0.2) is 0 Å². The van der Waals surface area contributed by atoms with Crippen molar-refractivity contribution in [3.05, 3.63) is 41.6 Å². The lowest BCUT2D eigenvalue weighted by Crippen LogP contribution is -2.21. The summed E-state index contributed by atoms with van der Waals surface area (Å²) in [6.07, 6.45) is 1.92. The van der Waals surface area contributed by atoms with Crippen LogP contribution in [0.25, 0.3) is 6.08 Å². The smallest absolute Gasteiger partial charge is 0.117 e. The fourth-order valence-corrected chi connectivity index (χ4v) is 1.47. The molecule has 0 heterocycles. The summed E-state index contributed by atoms with van der Waals surface area (Å²) in [7, 11) is 0. The Bertz CT molecular complexity index is 356. The molecule has 0 aliphatic rings. The van der Waals surface area contributed by atoms with E-state index in [1.807, 2.05) is 41.3 Å². The number of hydrogen-bond acceptors (Lipinski definition) is 2. The van der Waals surface area contributed by atoms with Gasteiger partial charge >= 0.3 is 0 Å². The molecular weight excluding hydrogens is 184 g/mol. The van der Waals surface area contributed by atoms with E-state index < -0.39 is 0 Å². The Morgan fingerprint density at radius 1 is 1.27 bits per heavy atom. The number of benzene rings is 1. The SMILES string of the molecule is CCN(CC)C(C#N)=Cc1ccccc1. The summed E-state index contributed by atoms with van der Waals surface area (Å²) >= 11 is 0. The first-order chi connectivity index (χ1) is 7.31. The van der Waals surface area contributed by atoms with Crippen LogP contribution in [0.15, 0.2) is 36.0 Å². The highest BCUT2D eigenvalue weighted by molar-refractivity contribution is 5.56. The Morgan fingerprint density at radius 3 is 2.33 bits per heavy atom. The predicted octanol–water partition coefficient (Wildman–Crippen LogP) is 2.89. The Labute approximate surface area is 91.4 Å². The second kappa shape index (κ2) is 5.87. The van der Waals surface area contributed by atoms with Crippen molar-refractivity contribution in [2.24, 2.45) is 0 Å². The van der Waals surface area contributed by atoms with E-state index in [0.717, 1.165) is 24.4 Å². The molecule has 0 unspecified atom stereocenters. The number of nitriles is 1. The van der Waals surface area contributed by atoms with Gasteiger partial charge in [0.05, 0.1) is 0 Å². The van der Waals surface area contributed by atoms with Crippen molar-refractivity contribution in [1.29, 1.82) is 5.26 Å². The maximum atomic E-state index is 9.06. The van der Waals surface area contributed by atoms with Crippen molar-refractivity contribution in [2.45, 2.75) is 13.8 Å². The minimum absolute atomic E-state index is 0.728. The van der Waals surface area contributed by atoms with Crippen LogP contribution in [0, 0.1) is 11.3 Å². The molecule has 2 heteroatoms. The molecule has 0 spiro atoms. The van der Waals surface area contributed by atoms with Gasteiger partial charge in [0.25, 0.3) is 0 Å². The third kappa shape index (κ3) is 3.14. The van der Waals surface area contributed by atoms with Crippen LogP contribution >= 0.6 is 0 Å².